The number of ether oxygens (including phenoxy) is 3. The van der Waals surface area contributed by atoms with E-state index in [1.807, 2.05) is 0 Å². The normalized spacial score (nSPS) is 12.8. The average molecular weight is 865 g/mol. The Bertz CT molecular complexity index is 1110. The van der Waals surface area contributed by atoms with E-state index in [2.05, 4.69) is 93.7 Å². The summed E-state index contributed by atoms with van der Waals surface area (Å²) in [6.45, 7) is 7.61. The first-order valence-corrected chi connectivity index (χ1v) is 26.5. The number of unbranched alkanes of at least 4 members (excludes halogenated alkanes) is 25. The summed E-state index contributed by atoms with van der Waals surface area (Å²) in [5.41, 5.74) is 0. The lowest BCUT2D eigenvalue weighted by Gasteiger charge is -2.18. The molecular formula is C57H100O5. The van der Waals surface area contributed by atoms with Gasteiger partial charge in [-0.3, -0.25) is 9.59 Å². The van der Waals surface area contributed by atoms with E-state index in [4.69, 9.17) is 14.2 Å². The summed E-state index contributed by atoms with van der Waals surface area (Å²) in [6, 6.07) is 0. The summed E-state index contributed by atoms with van der Waals surface area (Å²) in [5.74, 6) is -0.436. The maximum atomic E-state index is 12.8. The Morgan fingerprint density at radius 1 is 0.371 bits per heavy atom. The second-order valence-electron chi connectivity index (χ2n) is 17.4. The fourth-order valence-electron chi connectivity index (χ4n) is 7.26. The lowest BCUT2D eigenvalue weighted by Crippen LogP contribution is -2.30. The first-order valence-electron chi connectivity index (χ1n) is 26.5. The molecule has 0 amide bonds. The van der Waals surface area contributed by atoms with Gasteiger partial charge in [-0.1, -0.05) is 209 Å². The molecule has 0 aromatic rings. The van der Waals surface area contributed by atoms with Gasteiger partial charge < -0.3 is 14.2 Å². The molecule has 0 aliphatic heterocycles. The molecule has 0 heterocycles. The molecular weight excluding hydrogens is 765 g/mol. The maximum Gasteiger partial charge on any atom is 0.306 e. The first kappa shape index (κ1) is 59.3. The highest BCUT2D eigenvalue weighted by atomic mass is 16.6. The quantitative estimate of drug-likeness (QED) is 0.0346. The van der Waals surface area contributed by atoms with E-state index in [9.17, 15) is 9.59 Å². The van der Waals surface area contributed by atoms with Crippen LogP contribution < -0.4 is 0 Å². The summed E-state index contributed by atoms with van der Waals surface area (Å²) < 4.78 is 17.4. The van der Waals surface area contributed by atoms with E-state index in [0.717, 1.165) is 77.0 Å². The molecule has 1 atom stereocenters. The van der Waals surface area contributed by atoms with E-state index in [-0.39, 0.29) is 25.2 Å². The molecule has 0 aromatic heterocycles. The van der Waals surface area contributed by atoms with Crippen LogP contribution >= 0.6 is 0 Å². The third-order valence-corrected chi connectivity index (χ3v) is 11.2. The van der Waals surface area contributed by atoms with Gasteiger partial charge in [-0.15, -0.1) is 0 Å². The number of esters is 2. The lowest BCUT2D eigenvalue weighted by molar-refractivity contribution is -0.163. The second-order valence-corrected chi connectivity index (χ2v) is 17.4. The molecule has 0 N–H and O–H groups in total. The molecule has 62 heavy (non-hydrogen) atoms. The Labute approximate surface area is 385 Å². The van der Waals surface area contributed by atoms with Crippen LogP contribution in [0.25, 0.3) is 0 Å². The highest BCUT2D eigenvalue weighted by Gasteiger charge is 2.17. The summed E-state index contributed by atoms with van der Waals surface area (Å²) in [4.78, 5) is 25.4. The van der Waals surface area contributed by atoms with Crippen LogP contribution in [0, 0.1) is 0 Å². The van der Waals surface area contributed by atoms with Gasteiger partial charge in [0, 0.05) is 19.4 Å². The SMILES string of the molecule is CC/C=C\C/C=C\C/C=C\CCCCCC(=O)OC(COCCCCCCCC/C=C\C/C=C\CCC)COC(=O)CCCCCCCCCCC/C=C\CCCCCCCC. The Kier molecular flexibility index (Phi) is 50.4. The van der Waals surface area contributed by atoms with Gasteiger partial charge >= 0.3 is 11.9 Å². The van der Waals surface area contributed by atoms with Gasteiger partial charge in [0.25, 0.3) is 0 Å². The molecule has 0 saturated heterocycles. The highest BCUT2D eigenvalue weighted by Crippen LogP contribution is 2.14. The van der Waals surface area contributed by atoms with Crippen LogP contribution in [0.1, 0.15) is 252 Å². The summed E-state index contributed by atoms with van der Waals surface area (Å²) in [7, 11) is 0. The van der Waals surface area contributed by atoms with E-state index in [1.165, 1.54) is 141 Å². The first-order chi connectivity index (χ1) is 30.6. The molecule has 0 aliphatic rings. The number of carbonyl (C=O) groups excluding carboxylic acids is 2. The molecule has 0 radical (unpaired) electrons. The van der Waals surface area contributed by atoms with Crippen molar-refractivity contribution in [3.05, 3.63) is 72.9 Å². The van der Waals surface area contributed by atoms with Gasteiger partial charge in [0.15, 0.2) is 6.10 Å². The highest BCUT2D eigenvalue weighted by molar-refractivity contribution is 5.70. The molecule has 0 aliphatic carbocycles. The largest absolute Gasteiger partial charge is 0.462 e. The molecule has 0 saturated carbocycles. The zero-order chi connectivity index (χ0) is 44.9. The van der Waals surface area contributed by atoms with Crippen LogP contribution in [0.3, 0.4) is 0 Å². The van der Waals surface area contributed by atoms with Crippen LogP contribution in [-0.2, 0) is 23.8 Å². The zero-order valence-electron chi connectivity index (χ0n) is 41.1. The van der Waals surface area contributed by atoms with Crippen molar-refractivity contribution in [2.24, 2.45) is 0 Å². The van der Waals surface area contributed by atoms with Gasteiger partial charge in [0.2, 0.25) is 0 Å². The topological polar surface area (TPSA) is 61.8 Å². The number of allylic oxidation sites excluding steroid dienone is 12. The predicted octanol–water partition coefficient (Wildman–Crippen LogP) is 17.9. The summed E-state index contributed by atoms with van der Waals surface area (Å²) in [6.07, 6.45) is 67.7. The molecule has 0 spiro atoms. The number of hydrogen-bond acceptors (Lipinski definition) is 5. The Morgan fingerprint density at radius 3 is 1.26 bits per heavy atom. The van der Waals surface area contributed by atoms with Crippen molar-refractivity contribution in [1.29, 1.82) is 0 Å². The molecule has 0 aromatic carbocycles. The maximum absolute atomic E-state index is 12.8. The van der Waals surface area contributed by atoms with E-state index < -0.39 is 6.10 Å². The van der Waals surface area contributed by atoms with Crippen molar-refractivity contribution >= 4 is 11.9 Å². The van der Waals surface area contributed by atoms with Crippen LogP contribution in [-0.4, -0.2) is 37.9 Å². The Morgan fingerprint density at radius 2 is 0.758 bits per heavy atom. The smallest absolute Gasteiger partial charge is 0.306 e. The van der Waals surface area contributed by atoms with Gasteiger partial charge in [-0.25, -0.2) is 0 Å². The summed E-state index contributed by atoms with van der Waals surface area (Å²) >= 11 is 0. The number of hydrogen-bond donors (Lipinski definition) is 0. The molecule has 5 heteroatoms. The fourth-order valence-corrected chi connectivity index (χ4v) is 7.26. The van der Waals surface area contributed by atoms with Crippen LogP contribution in [0.2, 0.25) is 0 Å². The predicted molar refractivity (Wildman–Crippen MR) is 270 cm³/mol. The molecule has 0 bridgehead atoms. The molecule has 358 valence electrons. The standard InChI is InChI=1S/C57H100O5/c1-4-7-10-13-16-19-22-25-27-28-29-30-31-33-35-38-41-44-47-50-56(58)61-54-55(53-60-52-49-46-43-40-37-34-26-23-20-17-14-11-8-5-2)62-57(59)51-48-45-42-39-36-32-24-21-18-15-12-9-6-3/h9,11-12,14,18,20-21,23,25,27,32,36,55H,4-8,10,13,15-17,19,22,24,26,28-31,33-35,37-54H2,1-3H3/b12-9-,14-11-,21-18-,23-20-,27-25-,36-32-. The van der Waals surface area contributed by atoms with Crippen molar-refractivity contribution in [3.63, 3.8) is 0 Å². The molecule has 0 fully saturated rings. The Hall–Kier alpha value is -2.66. The van der Waals surface area contributed by atoms with Gasteiger partial charge in [-0.05, 0) is 103 Å². The third kappa shape index (κ3) is 50.0. The van der Waals surface area contributed by atoms with Crippen molar-refractivity contribution in [1.82, 2.24) is 0 Å². The van der Waals surface area contributed by atoms with E-state index >= 15 is 0 Å². The van der Waals surface area contributed by atoms with Gasteiger partial charge in [0.05, 0.1) is 6.61 Å². The van der Waals surface area contributed by atoms with Gasteiger partial charge in [0.1, 0.15) is 6.61 Å². The zero-order valence-corrected chi connectivity index (χ0v) is 41.1. The second kappa shape index (κ2) is 52.7. The third-order valence-electron chi connectivity index (χ3n) is 11.2. The summed E-state index contributed by atoms with van der Waals surface area (Å²) in [5, 5.41) is 0. The minimum atomic E-state index is -0.559. The number of carbonyl (C=O) groups is 2. The van der Waals surface area contributed by atoms with Crippen molar-refractivity contribution in [3.8, 4) is 0 Å². The number of rotatable bonds is 48. The van der Waals surface area contributed by atoms with Crippen LogP contribution in [0.5, 0.6) is 0 Å². The average Bonchev–Trinajstić information content (AvgIpc) is 3.27. The van der Waals surface area contributed by atoms with Crippen molar-refractivity contribution in [2.45, 2.75) is 258 Å². The van der Waals surface area contributed by atoms with E-state index in [1.54, 1.807) is 0 Å². The fraction of sp³-hybridized carbons (Fsp3) is 0.754. The minimum Gasteiger partial charge on any atom is -0.462 e. The van der Waals surface area contributed by atoms with Gasteiger partial charge in [-0.2, -0.15) is 0 Å². The molecule has 0 rings (SSSR count). The molecule has 5 nitrogen and oxygen atoms in total. The van der Waals surface area contributed by atoms with Crippen molar-refractivity contribution < 1.29 is 23.8 Å². The van der Waals surface area contributed by atoms with Crippen molar-refractivity contribution in [2.75, 3.05) is 19.8 Å². The monoisotopic (exact) mass is 865 g/mol. The minimum absolute atomic E-state index is 0.0666. The van der Waals surface area contributed by atoms with E-state index in [0.29, 0.717) is 19.4 Å². The molecule has 1 unspecified atom stereocenters. The Balaban J connectivity index is 4.27. The lowest BCUT2D eigenvalue weighted by atomic mass is 10.1. The van der Waals surface area contributed by atoms with Crippen LogP contribution in [0.4, 0.5) is 0 Å². The van der Waals surface area contributed by atoms with Crippen LogP contribution in [0.15, 0.2) is 72.9 Å².